The summed E-state index contributed by atoms with van der Waals surface area (Å²) in [5.74, 6) is 0.480. The largest absolute Gasteiger partial charge is 0.340 e. The van der Waals surface area contributed by atoms with Gasteiger partial charge in [-0.3, -0.25) is 4.79 Å². The Morgan fingerprint density at radius 2 is 2.41 bits per heavy atom. The molecule has 1 aliphatic heterocycles. The van der Waals surface area contributed by atoms with Gasteiger partial charge in [0.15, 0.2) is 0 Å². The molecule has 0 bridgehead atoms. The van der Waals surface area contributed by atoms with Crippen LogP contribution in [-0.4, -0.2) is 43.6 Å². The second-order valence-electron chi connectivity index (χ2n) is 5.71. The number of nitrogens with zero attached hydrogens (tertiary/aromatic N) is 5. The SMILES string of the molecule is CCc1csc(C2CCCN(C(=O)C(C)n3cncn3)C2)n1. The number of hydrogen-bond donors (Lipinski definition) is 0. The van der Waals surface area contributed by atoms with Crippen molar-refractivity contribution in [2.24, 2.45) is 0 Å². The highest BCUT2D eigenvalue weighted by molar-refractivity contribution is 7.09. The average Bonchev–Trinajstić information content (AvgIpc) is 3.24. The van der Waals surface area contributed by atoms with E-state index in [9.17, 15) is 4.79 Å². The summed E-state index contributed by atoms with van der Waals surface area (Å²) in [7, 11) is 0. The van der Waals surface area contributed by atoms with Gasteiger partial charge in [0.2, 0.25) is 5.91 Å². The van der Waals surface area contributed by atoms with Gasteiger partial charge < -0.3 is 4.90 Å². The van der Waals surface area contributed by atoms with E-state index in [-0.39, 0.29) is 11.9 Å². The van der Waals surface area contributed by atoms with Gasteiger partial charge in [-0.25, -0.2) is 14.6 Å². The number of likely N-dealkylation sites (tertiary alicyclic amines) is 1. The van der Waals surface area contributed by atoms with Crippen molar-refractivity contribution in [1.82, 2.24) is 24.6 Å². The minimum atomic E-state index is -0.302. The summed E-state index contributed by atoms with van der Waals surface area (Å²) < 4.78 is 1.62. The molecule has 1 aliphatic rings. The van der Waals surface area contributed by atoms with E-state index in [0.717, 1.165) is 38.0 Å². The number of rotatable bonds is 4. The summed E-state index contributed by atoms with van der Waals surface area (Å²) in [5.41, 5.74) is 1.15. The van der Waals surface area contributed by atoms with Gasteiger partial charge >= 0.3 is 0 Å². The first kappa shape index (κ1) is 15.1. The average molecular weight is 319 g/mol. The van der Waals surface area contributed by atoms with Gasteiger partial charge in [0.25, 0.3) is 0 Å². The summed E-state index contributed by atoms with van der Waals surface area (Å²) in [6, 6.07) is -0.302. The zero-order valence-corrected chi connectivity index (χ0v) is 13.8. The molecule has 0 aliphatic carbocycles. The van der Waals surface area contributed by atoms with E-state index in [0.29, 0.717) is 5.92 Å². The first-order valence-corrected chi connectivity index (χ1v) is 8.64. The minimum absolute atomic E-state index is 0.113. The quantitative estimate of drug-likeness (QED) is 0.867. The third-order valence-electron chi connectivity index (χ3n) is 4.20. The van der Waals surface area contributed by atoms with Crippen LogP contribution in [0, 0.1) is 0 Å². The lowest BCUT2D eigenvalue weighted by Crippen LogP contribution is -2.42. The molecule has 7 heteroatoms. The fourth-order valence-electron chi connectivity index (χ4n) is 2.85. The third-order valence-corrected chi connectivity index (χ3v) is 5.26. The lowest BCUT2D eigenvalue weighted by molar-refractivity contribution is -0.135. The van der Waals surface area contributed by atoms with E-state index in [2.05, 4.69) is 22.4 Å². The monoisotopic (exact) mass is 319 g/mol. The fourth-order valence-corrected chi connectivity index (χ4v) is 3.88. The van der Waals surface area contributed by atoms with Gasteiger partial charge in [-0.15, -0.1) is 11.3 Å². The first-order valence-electron chi connectivity index (χ1n) is 7.76. The van der Waals surface area contributed by atoms with Crippen LogP contribution in [0.5, 0.6) is 0 Å². The normalized spacial score (nSPS) is 20.1. The Balaban J connectivity index is 1.68. The number of thiazole rings is 1. The van der Waals surface area contributed by atoms with Crippen molar-refractivity contribution in [3.8, 4) is 0 Å². The highest BCUT2D eigenvalue weighted by atomic mass is 32.1. The van der Waals surface area contributed by atoms with Crippen molar-refractivity contribution in [2.45, 2.75) is 45.1 Å². The highest BCUT2D eigenvalue weighted by Crippen LogP contribution is 2.30. The Morgan fingerprint density at radius 1 is 1.55 bits per heavy atom. The van der Waals surface area contributed by atoms with Crippen molar-refractivity contribution in [3.05, 3.63) is 28.7 Å². The van der Waals surface area contributed by atoms with Crippen LogP contribution in [0.1, 0.15) is 49.4 Å². The van der Waals surface area contributed by atoms with E-state index >= 15 is 0 Å². The van der Waals surface area contributed by atoms with Crippen LogP contribution in [0.25, 0.3) is 0 Å². The molecule has 0 spiro atoms. The second kappa shape index (κ2) is 6.56. The van der Waals surface area contributed by atoms with Crippen molar-refractivity contribution >= 4 is 17.2 Å². The van der Waals surface area contributed by atoms with Crippen LogP contribution < -0.4 is 0 Å². The molecule has 0 radical (unpaired) electrons. The van der Waals surface area contributed by atoms with Gasteiger partial charge in [-0.1, -0.05) is 6.92 Å². The number of carbonyl (C=O) groups is 1. The predicted molar refractivity (Wildman–Crippen MR) is 84.8 cm³/mol. The van der Waals surface area contributed by atoms with Gasteiger partial charge in [-0.05, 0) is 26.2 Å². The van der Waals surface area contributed by atoms with E-state index in [4.69, 9.17) is 4.98 Å². The Bertz CT molecular complexity index is 624. The van der Waals surface area contributed by atoms with E-state index in [1.807, 2.05) is 11.8 Å². The zero-order chi connectivity index (χ0) is 15.5. The van der Waals surface area contributed by atoms with Gasteiger partial charge in [0, 0.05) is 24.4 Å². The van der Waals surface area contributed by atoms with E-state index < -0.39 is 0 Å². The molecular weight excluding hydrogens is 298 g/mol. The van der Waals surface area contributed by atoms with Gasteiger partial charge in [-0.2, -0.15) is 5.10 Å². The van der Waals surface area contributed by atoms with Crippen molar-refractivity contribution in [1.29, 1.82) is 0 Å². The van der Waals surface area contributed by atoms with E-state index in [1.54, 1.807) is 22.3 Å². The molecule has 1 saturated heterocycles. The molecule has 0 saturated carbocycles. The highest BCUT2D eigenvalue weighted by Gasteiger charge is 2.29. The Hall–Kier alpha value is -1.76. The molecule has 1 fully saturated rings. The number of aryl methyl sites for hydroxylation is 1. The first-order chi connectivity index (χ1) is 10.7. The molecular formula is C15H21N5OS. The van der Waals surface area contributed by atoms with Crippen LogP contribution in [0.4, 0.5) is 0 Å². The van der Waals surface area contributed by atoms with Crippen LogP contribution in [0.2, 0.25) is 0 Å². The summed E-state index contributed by atoms with van der Waals surface area (Å²) in [6.07, 6.45) is 6.16. The molecule has 1 amide bonds. The maximum atomic E-state index is 12.7. The summed E-state index contributed by atoms with van der Waals surface area (Å²) in [6.45, 7) is 5.57. The van der Waals surface area contributed by atoms with Crippen molar-refractivity contribution in [2.75, 3.05) is 13.1 Å². The predicted octanol–water partition coefficient (Wildman–Crippen LogP) is 2.26. The van der Waals surface area contributed by atoms with Gasteiger partial charge in [0.1, 0.15) is 18.7 Å². The molecule has 0 N–H and O–H groups in total. The molecule has 118 valence electrons. The van der Waals surface area contributed by atoms with Gasteiger partial charge in [0.05, 0.1) is 10.7 Å². The van der Waals surface area contributed by atoms with Crippen LogP contribution in [0.15, 0.2) is 18.0 Å². The number of piperidine rings is 1. The molecule has 2 unspecified atom stereocenters. The lowest BCUT2D eigenvalue weighted by Gasteiger charge is -2.33. The maximum Gasteiger partial charge on any atom is 0.247 e. The molecule has 2 aromatic heterocycles. The molecule has 6 nitrogen and oxygen atoms in total. The molecule has 0 aromatic carbocycles. The lowest BCUT2D eigenvalue weighted by atomic mass is 9.98. The number of carbonyl (C=O) groups excluding carboxylic acids is 1. The number of hydrogen-bond acceptors (Lipinski definition) is 5. The zero-order valence-electron chi connectivity index (χ0n) is 13.0. The Kier molecular flexibility index (Phi) is 4.52. The molecule has 3 heterocycles. The summed E-state index contributed by atoms with van der Waals surface area (Å²) in [4.78, 5) is 23.2. The maximum absolute atomic E-state index is 12.7. The molecule has 2 aromatic rings. The van der Waals surface area contributed by atoms with E-state index in [1.165, 1.54) is 11.3 Å². The van der Waals surface area contributed by atoms with Crippen LogP contribution in [-0.2, 0) is 11.2 Å². The summed E-state index contributed by atoms with van der Waals surface area (Å²) in [5, 5.41) is 7.37. The molecule has 3 rings (SSSR count). The Labute approximate surface area is 134 Å². The molecule has 2 atom stereocenters. The minimum Gasteiger partial charge on any atom is -0.340 e. The van der Waals surface area contributed by atoms with Crippen molar-refractivity contribution < 1.29 is 4.79 Å². The van der Waals surface area contributed by atoms with Crippen molar-refractivity contribution in [3.63, 3.8) is 0 Å². The smallest absolute Gasteiger partial charge is 0.247 e. The molecule has 22 heavy (non-hydrogen) atoms. The van der Waals surface area contributed by atoms with Crippen LogP contribution >= 0.6 is 11.3 Å². The van der Waals surface area contributed by atoms with Crippen LogP contribution in [0.3, 0.4) is 0 Å². The Morgan fingerprint density at radius 3 is 3.09 bits per heavy atom. The number of aromatic nitrogens is 4. The second-order valence-corrected chi connectivity index (χ2v) is 6.60. The fraction of sp³-hybridized carbons (Fsp3) is 0.600. The topological polar surface area (TPSA) is 63.9 Å². The summed E-state index contributed by atoms with van der Waals surface area (Å²) >= 11 is 1.72. The third kappa shape index (κ3) is 3.04. The number of amides is 1. The standard InChI is InChI=1S/C15H21N5OS/c1-3-13-8-22-14(18-13)12-5-4-6-19(7-12)15(21)11(2)20-10-16-9-17-20/h8-12H,3-7H2,1-2H3.